The van der Waals surface area contributed by atoms with E-state index in [-0.39, 0.29) is 30.1 Å². The van der Waals surface area contributed by atoms with Crippen LogP contribution in [0, 0.1) is 23.4 Å². The van der Waals surface area contributed by atoms with Gasteiger partial charge in [-0.05, 0) is 54.7 Å². The number of aromatic carboxylic acids is 1. The number of benzene rings is 3. The van der Waals surface area contributed by atoms with Gasteiger partial charge in [0.2, 0.25) is 5.91 Å². The number of carboxylic acid groups (broad SMARTS) is 1. The van der Waals surface area contributed by atoms with Gasteiger partial charge in [-0.3, -0.25) is 4.79 Å². The zero-order valence-corrected chi connectivity index (χ0v) is 23.1. The van der Waals surface area contributed by atoms with Crippen molar-refractivity contribution in [1.82, 2.24) is 9.55 Å². The van der Waals surface area contributed by atoms with Crippen molar-refractivity contribution in [3.8, 4) is 0 Å². The van der Waals surface area contributed by atoms with Gasteiger partial charge < -0.3 is 19.7 Å². The van der Waals surface area contributed by atoms with E-state index in [0.717, 1.165) is 43.5 Å². The number of hydrogen-bond donors (Lipinski definition) is 2. The molecule has 1 aromatic heterocycles. The minimum atomic E-state index is -4.99. The van der Waals surface area contributed by atoms with Gasteiger partial charge in [-0.1, -0.05) is 31.4 Å². The minimum Gasteiger partial charge on any atom is -0.478 e. The summed E-state index contributed by atoms with van der Waals surface area (Å²) in [4.78, 5) is 29.7. The highest BCUT2D eigenvalue weighted by molar-refractivity contribution is 5.97. The molecule has 2 N–H and O–H groups in total. The maximum Gasteiger partial charge on any atom is 0.418 e. The predicted octanol–water partition coefficient (Wildman–Crippen LogP) is 7.65. The van der Waals surface area contributed by atoms with E-state index in [0.29, 0.717) is 24.5 Å². The molecule has 1 heterocycles. The lowest BCUT2D eigenvalue weighted by Crippen LogP contribution is -2.35. The number of alkyl halides is 3. The predicted molar refractivity (Wildman–Crippen MR) is 147 cm³/mol. The van der Waals surface area contributed by atoms with E-state index in [4.69, 9.17) is 4.74 Å². The first kappa shape index (κ1) is 31.0. The lowest BCUT2D eigenvalue weighted by atomic mass is 9.83. The van der Waals surface area contributed by atoms with Crippen LogP contribution in [-0.4, -0.2) is 26.5 Å². The summed E-state index contributed by atoms with van der Waals surface area (Å²) in [6.45, 7) is -0.232. The Hall–Kier alpha value is -4.39. The molecule has 0 saturated heterocycles. The van der Waals surface area contributed by atoms with Gasteiger partial charge in [0.15, 0.2) is 11.6 Å². The molecule has 0 radical (unpaired) electrons. The molecule has 1 atom stereocenters. The number of carbonyl (C=O) groups excluding carboxylic acids is 1. The fraction of sp³-hybridized carbons (Fsp3) is 0.323. The normalized spacial score (nSPS) is 15.0. The molecule has 5 rings (SSSR count). The lowest BCUT2D eigenvalue weighted by molar-refractivity contribution is -0.137. The van der Waals surface area contributed by atoms with Crippen molar-refractivity contribution in [1.29, 1.82) is 0 Å². The molecule has 0 aliphatic heterocycles. The number of nitrogens with one attached hydrogen (secondary N) is 1. The molecule has 0 spiro atoms. The number of aromatic nitrogens is 2. The van der Waals surface area contributed by atoms with Crippen LogP contribution in [0.2, 0.25) is 0 Å². The number of hydrogen-bond acceptors (Lipinski definition) is 4. The highest BCUT2D eigenvalue weighted by Gasteiger charge is 2.38. The van der Waals surface area contributed by atoms with Crippen molar-refractivity contribution in [3.05, 3.63) is 94.6 Å². The van der Waals surface area contributed by atoms with Crippen molar-refractivity contribution in [2.75, 3.05) is 5.32 Å². The van der Waals surface area contributed by atoms with Crippen LogP contribution in [0.4, 0.5) is 32.0 Å². The zero-order chi connectivity index (χ0) is 31.6. The summed E-state index contributed by atoms with van der Waals surface area (Å²) in [5.41, 5.74) is -1.93. The molecule has 1 fully saturated rings. The van der Waals surface area contributed by atoms with Crippen molar-refractivity contribution < 1.29 is 45.8 Å². The molecule has 1 amide bonds. The maximum absolute atomic E-state index is 14.5. The second-order valence-electron chi connectivity index (χ2n) is 10.7. The zero-order valence-electron chi connectivity index (χ0n) is 23.1. The van der Waals surface area contributed by atoms with Crippen LogP contribution in [0.5, 0.6) is 0 Å². The maximum atomic E-state index is 14.5. The Morgan fingerprint density at radius 3 is 2.30 bits per heavy atom. The Morgan fingerprint density at radius 1 is 0.955 bits per heavy atom. The molecule has 1 aliphatic rings. The smallest absolute Gasteiger partial charge is 0.418 e. The first-order valence-electron chi connectivity index (χ1n) is 13.9. The number of fused-ring (bicyclic) bond motifs is 1. The van der Waals surface area contributed by atoms with Crippen LogP contribution >= 0.6 is 0 Å². The van der Waals surface area contributed by atoms with Crippen molar-refractivity contribution in [3.63, 3.8) is 0 Å². The fourth-order valence-electron chi connectivity index (χ4n) is 5.61. The van der Waals surface area contributed by atoms with Gasteiger partial charge >= 0.3 is 12.1 Å². The highest BCUT2D eigenvalue weighted by atomic mass is 19.4. The standard InChI is InChI=1S/C31H27F6N3O4/c32-20-9-6-17(7-10-20)15-44-16-27-38-25-13-22(33)23(34)14-26(25)40(27)28(18-4-2-1-3-5-18)29(41)39-24-11-8-19(30(42)43)12-21(24)31(35,36)37/h6-14,18,28H,1-5,15-16H2,(H,39,41)(H,42,43). The van der Waals surface area contributed by atoms with E-state index < -0.39 is 64.3 Å². The molecule has 7 nitrogen and oxygen atoms in total. The van der Waals surface area contributed by atoms with Crippen LogP contribution in [0.3, 0.4) is 0 Å². The summed E-state index contributed by atoms with van der Waals surface area (Å²) >= 11 is 0. The molecule has 3 aromatic carbocycles. The molecule has 1 saturated carbocycles. The minimum absolute atomic E-state index is 0.0113. The summed E-state index contributed by atoms with van der Waals surface area (Å²) in [6, 6.07) is 8.33. The Labute approximate surface area is 247 Å². The number of nitrogens with zero attached hydrogens (tertiary/aromatic N) is 2. The molecule has 4 aromatic rings. The van der Waals surface area contributed by atoms with Gasteiger partial charge in [0, 0.05) is 12.1 Å². The monoisotopic (exact) mass is 619 g/mol. The number of carbonyl (C=O) groups is 2. The van der Waals surface area contributed by atoms with E-state index >= 15 is 0 Å². The van der Waals surface area contributed by atoms with Gasteiger partial charge in [0.25, 0.3) is 0 Å². The van der Waals surface area contributed by atoms with Crippen LogP contribution in [0.1, 0.15) is 65.5 Å². The summed E-state index contributed by atoms with van der Waals surface area (Å²) in [7, 11) is 0. The molecular weight excluding hydrogens is 592 g/mol. The largest absolute Gasteiger partial charge is 0.478 e. The van der Waals surface area contributed by atoms with Gasteiger partial charge in [-0.15, -0.1) is 0 Å². The average Bonchev–Trinajstić information content (AvgIpc) is 3.30. The van der Waals surface area contributed by atoms with Gasteiger partial charge in [-0.2, -0.15) is 13.2 Å². The van der Waals surface area contributed by atoms with Crippen molar-refractivity contribution >= 4 is 28.6 Å². The van der Waals surface area contributed by atoms with Gasteiger partial charge in [0.05, 0.1) is 34.5 Å². The third-order valence-electron chi connectivity index (χ3n) is 7.69. The van der Waals surface area contributed by atoms with E-state index in [1.807, 2.05) is 0 Å². The number of ether oxygens (including phenoxy) is 1. The van der Waals surface area contributed by atoms with Gasteiger partial charge in [0.1, 0.15) is 24.3 Å². The molecule has 0 bridgehead atoms. The number of halogens is 6. The molecule has 44 heavy (non-hydrogen) atoms. The Bertz CT molecular complexity index is 1680. The number of anilines is 1. The summed E-state index contributed by atoms with van der Waals surface area (Å²) in [5.74, 6) is -5.55. The quantitative estimate of drug-likeness (QED) is 0.188. The van der Waals surface area contributed by atoms with Crippen LogP contribution in [0.15, 0.2) is 54.6 Å². The SMILES string of the molecule is O=C(O)c1ccc(NC(=O)C(C2CCCCC2)n2c(COCc3ccc(F)cc3)nc3cc(F)c(F)cc32)c(C(F)(F)F)c1. The first-order valence-corrected chi connectivity index (χ1v) is 13.9. The van der Waals surface area contributed by atoms with E-state index in [1.54, 1.807) is 0 Å². The van der Waals surface area contributed by atoms with Crippen LogP contribution < -0.4 is 5.32 Å². The molecule has 1 unspecified atom stereocenters. The topological polar surface area (TPSA) is 93.5 Å². The van der Waals surface area contributed by atoms with Crippen LogP contribution in [-0.2, 0) is 28.9 Å². The first-order chi connectivity index (χ1) is 20.9. The summed E-state index contributed by atoms with van der Waals surface area (Å²) in [5, 5.41) is 11.5. The number of amides is 1. The molecular formula is C31H27F6N3O4. The molecule has 13 heteroatoms. The number of rotatable bonds is 9. The fourth-order valence-corrected chi connectivity index (χ4v) is 5.61. The summed E-state index contributed by atoms with van der Waals surface area (Å²) < 4.78 is 91.1. The second-order valence-corrected chi connectivity index (χ2v) is 10.7. The third kappa shape index (κ3) is 6.72. The number of imidazole rings is 1. The van der Waals surface area contributed by atoms with Crippen molar-refractivity contribution in [2.24, 2.45) is 5.92 Å². The average molecular weight is 620 g/mol. The lowest BCUT2D eigenvalue weighted by Gasteiger charge is -2.32. The Kier molecular flexibility index (Phi) is 8.95. The Balaban J connectivity index is 1.57. The van der Waals surface area contributed by atoms with Crippen molar-refractivity contribution in [2.45, 2.75) is 57.5 Å². The van der Waals surface area contributed by atoms with E-state index in [9.17, 15) is 41.0 Å². The number of carboxylic acids is 1. The van der Waals surface area contributed by atoms with E-state index in [2.05, 4.69) is 10.3 Å². The Morgan fingerprint density at radius 2 is 1.64 bits per heavy atom. The molecule has 232 valence electrons. The van der Waals surface area contributed by atoms with Gasteiger partial charge in [-0.25, -0.2) is 22.9 Å². The second kappa shape index (κ2) is 12.7. The molecule has 1 aliphatic carbocycles. The summed E-state index contributed by atoms with van der Waals surface area (Å²) in [6.07, 6.45) is -1.57. The highest BCUT2D eigenvalue weighted by Crippen LogP contribution is 2.39. The van der Waals surface area contributed by atoms with Crippen LogP contribution in [0.25, 0.3) is 11.0 Å². The third-order valence-corrected chi connectivity index (χ3v) is 7.69. The van der Waals surface area contributed by atoms with E-state index in [1.165, 1.54) is 28.8 Å².